The maximum Gasteiger partial charge on any atom is 0.359 e. The fraction of sp³-hybridized carbons (Fsp3) is 0.0870. The van der Waals surface area contributed by atoms with Gasteiger partial charge in [0.2, 0.25) is 0 Å². The van der Waals surface area contributed by atoms with E-state index in [1.807, 2.05) is 0 Å². The minimum absolute atomic E-state index is 0.0326. The summed E-state index contributed by atoms with van der Waals surface area (Å²) in [5.41, 5.74) is 1.16. The van der Waals surface area contributed by atoms with Crippen molar-refractivity contribution in [2.45, 2.75) is 13.0 Å². The van der Waals surface area contributed by atoms with E-state index in [0.29, 0.717) is 11.1 Å². The lowest BCUT2D eigenvalue weighted by molar-refractivity contribution is -0.123. The smallest absolute Gasteiger partial charge is 0.359 e. The molecule has 1 atom stereocenters. The lowest BCUT2D eigenvalue weighted by Gasteiger charge is -2.19. The van der Waals surface area contributed by atoms with Gasteiger partial charge < -0.3 is 10.1 Å². The maximum absolute atomic E-state index is 12.8. The van der Waals surface area contributed by atoms with E-state index in [4.69, 9.17) is 27.9 Å². The van der Waals surface area contributed by atoms with Crippen molar-refractivity contribution in [1.82, 2.24) is 4.98 Å². The summed E-state index contributed by atoms with van der Waals surface area (Å²) in [5, 5.41) is 2.66. The number of ether oxygens (including phenoxy) is 1. The normalized spacial score (nSPS) is 13.1. The van der Waals surface area contributed by atoms with Crippen molar-refractivity contribution in [3.8, 4) is 0 Å². The summed E-state index contributed by atoms with van der Waals surface area (Å²) in [6.45, 7) is 1.37. The third-order valence-electron chi connectivity index (χ3n) is 4.85. The Balaban J connectivity index is 1.50. The first-order chi connectivity index (χ1) is 15.3. The SMILES string of the molecule is CC(OC(=O)c1nc(Cl)ccc1Cl)C(=O)Nc1ccc2c(c1)C(=O)c1ccccc1C2=O. The van der Waals surface area contributed by atoms with Crippen LogP contribution in [0.5, 0.6) is 0 Å². The first kappa shape index (κ1) is 21.7. The van der Waals surface area contributed by atoms with Gasteiger partial charge in [0.15, 0.2) is 23.4 Å². The summed E-state index contributed by atoms with van der Waals surface area (Å²) in [6.07, 6.45) is -1.20. The second kappa shape index (κ2) is 8.53. The molecule has 2 aromatic carbocycles. The fourth-order valence-electron chi connectivity index (χ4n) is 3.25. The predicted molar refractivity (Wildman–Crippen MR) is 118 cm³/mol. The zero-order valence-electron chi connectivity index (χ0n) is 16.5. The van der Waals surface area contributed by atoms with E-state index in [1.54, 1.807) is 24.3 Å². The molecule has 160 valence electrons. The summed E-state index contributed by atoms with van der Waals surface area (Å²) in [6, 6.07) is 13.8. The first-order valence-corrected chi connectivity index (χ1v) is 10.2. The summed E-state index contributed by atoms with van der Waals surface area (Å²) in [7, 11) is 0. The van der Waals surface area contributed by atoms with Crippen LogP contribution in [-0.4, -0.2) is 34.5 Å². The Kier molecular flexibility index (Phi) is 5.78. The van der Waals surface area contributed by atoms with Crippen LogP contribution < -0.4 is 5.32 Å². The topological polar surface area (TPSA) is 102 Å². The van der Waals surface area contributed by atoms with Crippen molar-refractivity contribution < 1.29 is 23.9 Å². The highest BCUT2D eigenvalue weighted by molar-refractivity contribution is 6.34. The molecule has 0 fully saturated rings. The van der Waals surface area contributed by atoms with Crippen LogP contribution in [0.1, 0.15) is 49.3 Å². The number of anilines is 1. The van der Waals surface area contributed by atoms with Gasteiger partial charge >= 0.3 is 5.97 Å². The number of benzene rings is 2. The number of nitrogens with one attached hydrogen (secondary N) is 1. The highest BCUT2D eigenvalue weighted by atomic mass is 35.5. The fourth-order valence-corrected chi connectivity index (χ4v) is 3.58. The molecular weight excluding hydrogens is 455 g/mol. The Morgan fingerprint density at radius 2 is 1.53 bits per heavy atom. The quantitative estimate of drug-likeness (QED) is 0.352. The molecule has 0 aliphatic heterocycles. The highest BCUT2D eigenvalue weighted by Gasteiger charge is 2.30. The number of carbonyl (C=O) groups is 4. The zero-order chi connectivity index (χ0) is 23.0. The number of amides is 1. The number of halogens is 2. The van der Waals surface area contributed by atoms with Gasteiger partial charge in [0, 0.05) is 27.9 Å². The van der Waals surface area contributed by atoms with Crippen LogP contribution in [0, 0.1) is 0 Å². The number of rotatable bonds is 4. The molecule has 1 aliphatic carbocycles. The van der Waals surface area contributed by atoms with E-state index in [0.717, 1.165) is 0 Å². The van der Waals surface area contributed by atoms with Gasteiger partial charge in [-0.05, 0) is 37.3 Å². The molecule has 0 spiro atoms. The Morgan fingerprint density at radius 1 is 0.906 bits per heavy atom. The molecule has 1 heterocycles. The molecule has 0 saturated carbocycles. The molecule has 0 radical (unpaired) electrons. The van der Waals surface area contributed by atoms with Gasteiger partial charge in [0.25, 0.3) is 5.91 Å². The summed E-state index contributed by atoms with van der Waals surface area (Å²) in [4.78, 5) is 54.1. The molecule has 1 aromatic heterocycles. The molecule has 9 heteroatoms. The molecule has 3 aromatic rings. The van der Waals surface area contributed by atoms with Crippen molar-refractivity contribution in [3.63, 3.8) is 0 Å². The number of nitrogens with zero attached hydrogens (tertiary/aromatic N) is 1. The third-order valence-corrected chi connectivity index (χ3v) is 5.37. The van der Waals surface area contributed by atoms with Crippen molar-refractivity contribution in [1.29, 1.82) is 0 Å². The second-order valence-electron chi connectivity index (χ2n) is 6.97. The van der Waals surface area contributed by atoms with Crippen molar-refractivity contribution >= 4 is 52.3 Å². The number of esters is 1. The standard InChI is InChI=1S/C23H14Cl2N2O5/c1-11(32-23(31)19-17(24)8-9-18(25)27-19)22(30)26-12-6-7-15-16(10-12)21(29)14-5-3-2-4-13(14)20(15)28/h2-11H,1H3,(H,26,30). The minimum atomic E-state index is -1.20. The molecule has 1 aliphatic rings. The van der Waals surface area contributed by atoms with Crippen molar-refractivity contribution in [2.24, 2.45) is 0 Å². The maximum atomic E-state index is 12.8. The van der Waals surface area contributed by atoms with Gasteiger partial charge in [-0.25, -0.2) is 9.78 Å². The molecule has 1 unspecified atom stereocenters. The molecular formula is C23H14Cl2N2O5. The van der Waals surface area contributed by atoms with Gasteiger partial charge in [-0.15, -0.1) is 0 Å². The Morgan fingerprint density at radius 3 is 2.22 bits per heavy atom. The lowest BCUT2D eigenvalue weighted by atomic mass is 9.84. The highest BCUT2D eigenvalue weighted by Crippen LogP contribution is 2.29. The molecule has 4 rings (SSSR count). The van der Waals surface area contributed by atoms with E-state index in [2.05, 4.69) is 10.3 Å². The lowest BCUT2D eigenvalue weighted by Crippen LogP contribution is -2.30. The van der Waals surface area contributed by atoms with Crippen LogP contribution in [0.4, 0.5) is 5.69 Å². The second-order valence-corrected chi connectivity index (χ2v) is 7.76. The Hall–Kier alpha value is -3.55. The van der Waals surface area contributed by atoms with E-state index in [1.165, 1.54) is 37.3 Å². The van der Waals surface area contributed by atoms with Gasteiger partial charge in [-0.3, -0.25) is 14.4 Å². The third kappa shape index (κ3) is 4.00. The number of carbonyl (C=O) groups excluding carboxylic acids is 4. The number of hydrogen-bond donors (Lipinski definition) is 1. The summed E-state index contributed by atoms with van der Waals surface area (Å²) in [5.74, 6) is -2.14. The average Bonchev–Trinajstić information content (AvgIpc) is 2.78. The number of aromatic nitrogens is 1. The van der Waals surface area contributed by atoms with E-state index in [9.17, 15) is 19.2 Å². The van der Waals surface area contributed by atoms with E-state index >= 15 is 0 Å². The van der Waals surface area contributed by atoms with Crippen LogP contribution >= 0.6 is 23.2 Å². The van der Waals surface area contributed by atoms with Crippen LogP contribution in [0.2, 0.25) is 10.2 Å². The van der Waals surface area contributed by atoms with Gasteiger partial charge in [-0.2, -0.15) is 0 Å². The molecule has 32 heavy (non-hydrogen) atoms. The number of pyridine rings is 1. The molecule has 1 amide bonds. The van der Waals surface area contributed by atoms with Crippen molar-refractivity contribution in [2.75, 3.05) is 5.32 Å². The number of ketones is 2. The van der Waals surface area contributed by atoms with Crippen LogP contribution in [0.15, 0.2) is 54.6 Å². The van der Waals surface area contributed by atoms with Gasteiger partial charge in [0.1, 0.15) is 5.15 Å². The molecule has 1 N–H and O–H groups in total. The van der Waals surface area contributed by atoms with Gasteiger partial charge in [-0.1, -0.05) is 47.5 Å². The Labute approximate surface area is 192 Å². The molecule has 0 bridgehead atoms. The Bertz CT molecular complexity index is 1310. The summed E-state index contributed by atoms with van der Waals surface area (Å²) < 4.78 is 5.13. The predicted octanol–water partition coefficient (Wildman–Crippen LogP) is 4.35. The zero-order valence-corrected chi connectivity index (χ0v) is 18.0. The van der Waals surface area contributed by atoms with Crippen LogP contribution in [0.3, 0.4) is 0 Å². The number of hydrogen-bond acceptors (Lipinski definition) is 6. The van der Waals surface area contributed by atoms with E-state index in [-0.39, 0.29) is 44.3 Å². The average molecular weight is 469 g/mol. The monoisotopic (exact) mass is 468 g/mol. The first-order valence-electron chi connectivity index (χ1n) is 9.42. The largest absolute Gasteiger partial charge is 0.448 e. The van der Waals surface area contributed by atoms with Gasteiger partial charge in [0.05, 0.1) is 5.02 Å². The van der Waals surface area contributed by atoms with Crippen LogP contribution in [0.25, 0.3) is 0 Å². The molecule has 7 nitrogen and oxygen atoms in total. The van der Waals surface area contributed by atoms with Crippen molar-refractivity contribution in [3.05, 3.63) is 92.7 Å². The van der Waals surface area contributed by atoms with Crippen LogP contribution in [-0.2, 0) is 9.53 Å². The number of fused-ring (bicyclic) bond motifs is 2. The minimum Gasteiger partial charge on any atom is -0.448 e. The molecule has 0 saturated heterocycles. The van der Waals surface area contributed by atoms with E-state index < -0.39 is 18.0 Å². The summed E-state index contributed by atoms with van der Waals surface area (Å²) >= 11 is 11.7.